The molecule has 0 aliphatic heterocycles. The number of H-pyrrole nitrogens is 1. The van der Waals surface area contributed by atoms with Gasteiger partial charge >= 0.3 is 0 Å². The number of nitrogens with zero attached hydrogens (tertiary/aromatic N) is 3. The molecule has 4 nitrogen and oxygen atoms in total. The second-order valence-corrected chi connectivity index (χ2v) is 7.55. The molecule has 1 N–H and O–H groups in total. The standard InChI is InChI=1S/C19H19ClN4S/c1-19(2,3)14-10-8-13(9-11-14)12-21-24-17(22-23-18(24)25)15-6-4-5-7-16(15)20/h4-12H,1-3H3,(H,23,25)/b21-12-. The molecule has 0 bridgehead atoms. The molecule has 0 aliphatic rings. The summed E-state index contributed by atoms with van der Waals surface area (Å²) in [5.74, 6) is 0.582. The molecule has 1 aromatic heterocycles. The molecule has 25 heavy (non-hydrogen) atoms. The van der Waals surface area contributed by atoms with Gasteiger partial charge in [0.1, 0.15) is 0 Å². The smallest absolute Gasteiger partial charge is 0.216 e. The first-order valence-electron chi connectivity index (χ1n) is 7.93. The van der Waals surface area contributed by atoms with Gasteiger partial charge in [0.25, 0.3) is 0 Å². The summed E-state index contributed by atoms with van der Waals surface area (Å²) < 4.78 is 1.99. The van der Waals surface area contributed by atoms with Crippen LogP contribution in [0, 0.1) is 4.77 Å². The highest BCUT2D eigenvalue weighted by atomic mass is 35.5. The minimum absolute atomic E-state index is 0.125. The Hall–Kier alpha value is -2.24. The maximum absolute atomic E-state index is 6.26. The molecule has 0 saturated heterocycles. The Morgan fingerprint density at radius 3 is 2.44 bits per heavy atom. The van der Waals surface area contributed by atoms with Gasteiger partial charge in [-0.05, 0) is 40.9 Å². The van der Waals surface area contributed by atoms with Crippen LogP contribution in [-0.2, 0) is 5.41 Å². The van der Waals surface area contributed by atoms with Crippen molar-refractivity contribution >= 4 is 30.0 Å². The van der Waals surface area contributed by atoms with Crippen LogP contribution in [0.3, 0.4) is 0 Å². The van der Waals surface area contributed by atoms with E-state index in [9.17, 15) is 0 Å². The van der Waals surface area contributed by atoms with Crippen LogP contribution in [0.4, 0.5) is 0 Å². The fourth-order valence-corrected chi connectivity index (χ4v) is 2.81. The third kappa shape index (κ3) is 3.89. The number of hydrogen-bond donors (Lipinski definition) is 1. The second-order valence-electron chi connectivity index (χ2n) is 6.76. The largest absolute Gasteiger partial charge is 0.250 e. The van der Waals surface area contributed by atoms with Crippen molar-refractivity contribution in [1.82, 2.24) is 14.9 Å². The summed E-state index contributed by atoms with van der Waals surface area (Å²) in [6.45, 7) is 6.57. The molecular formula is C19H19ClN4S. The zero-order chi connectivity index (χ0) is 18.0. The van der Waals surface area contributed by atoms with Crippen LogP contribution in [0.1, 0.15) is 31.9 Å². The van der Waals surface area contributed by atoms with Crippen molar-refractivity contribution in [2.24, 2.45) is 5.10 Å². The van der Waals surface area contributed by atoms with Gasteiger partial charge in [0.05, 0.1) is 11.2 Å². The number of nitrogens with one attached hydrogen (secondary N) is 1. The molecule has 3 rings (SSSR count). The van der Waals surface area contributed by atoms with Gasteiger partial charge in [0.2, 0.25) is 4.77 Å². The zero-order valence-corrected chi connectivity index (χ0v) is 15.9. The maximum atomic E-state index is 6.26. The number of halogens is 1. The summed E-state index contributed by atoms with van der Waals surface area (Å²) in [5, 5.41) is 12.1. The predicted molar refractivity (Wildman–Crippen MR) is 106 cm³/mol. The lowest BCUT2D eigenvalue weighted by molar-refractivity contribution is 0.590. The maximum Gasteiger partial charge on any atom is 0.216 e. The van der Waals surface area contributed by atoms with E-state index < -0.39 is 0 Å². The van der Waals surface area contributed by atoms with E-state index in [2.05, 4.69) is 48.2 Å². The van der Waals surface area contributed by atoms with Crippen LogP contribution in [0.5, 0.6) is 0 Å². The molecule has 0 aliphatic carbocycles. The highest BCUT2D eigenvalue weighted by Gasteiger charge is 2.13. The molecule has 6 heteroatoms. The van der Waals surface area contributed by atoms with Crippen molar-refractivity contribution in [3.05, 3.63) is 69.5 Å². The number of benzene rings is 2. The minimum Gasteiger partial charge on any atom is -0.250 e. The van der Waals surface area contributed by atoms with Gasteiger partial charge in [-0.1, -0.05) is 68.8 Å². The van der Waals surface area contributed by atoms with E-state index in [0.717, 1.165) is 11.1 Å². The molecule has 0 atom stereocenters. The van der Waals surface area contributed by atoms with Crippen molar-refractivity contribution < 1.29 is 0 Å². The van der Waals surface area contributed by atoms with Gasteiger partial charge < -0.3 is 0 Å². The van der Waals surface area contributed by atoms with Crippen LogP contribution in [0.25, 0.3) is 11.4 Å². The van der Waals surface area contributed by atoms with E-state index in [4.69, 9.17) is 23.8 Å². The summed E-state index contributed by atoms with van der Waals surface area (Å²) in [6, 6.07) is 15.8. The molecule has 0 saturated carbocycles. The van der Waals surface area contributed by atoms with E-state index in [0.29, 0.717) is 15.6 Å². The summed E-state index contributed by atoms with van der Waals surface area (Å²) in [5.41, 5.74) is 3.17. The lowest BCUT2D eigenvalue weighted by Crippen LogP contribution is -2.10. The fourth-order valence-electron chi connectivity index (χ4n) is 2.41. The first-order chi connectivity index (χ1) is 11.9. The molecule has 1 heterocycles. The highest BCUT2D eigenvalue weighted by Crippen LogP contribution is 2.26. The Kier molecular flexibility index (Phi) is 4.88. The Bertz CT molecular complexity index is 962. The molecule has 128 valence electrons. The molecule has 0 radical (unpaired) electrons. The van der Waals surface area contributed by atoms with Gasteiger partial charge in [-0.15, -0.1) is 0 Å². The van der Waals surface area contributed by atoms with E-state index >= 15 is 0 Å². The molecule has 0 amide bonds. The molecule has 0 fully saturated rings. The third-order valence-corrected chi connectivity index (χ3v) is 4.46. The number of hydrogen-bond acceptors (Lipinski definition) is 3. The quantitative estimate of drug-likeness (QED) is 0.492. The van der Waals surface area contributed by atoms with Crippen LogP contribution in [-0.4, -0.2) is 21.1 Å². The van der Waals surface area contributed by atoms with Crippen molar-refractivity contribution in [3.8, 4) is 11.4 Å². The lowest BCUT2D eigenvalue weighted by Gasteiger charge is -2.18. The zero-order valence-electron chi connectivity index (χ0n) is 14.3. The summed E-state index contributed by atoms with van der Waals surface area (Å²) in [7, 11) is 0. The fraction of sp³-hybridized carbons (Fsp3) is 0.211. The Morgan fingerprint density at radius 2 is 1.80 bits per heavy atom. The number of aromatic nitrogens is 3. The normalized spacial score (nSPS) is 12.0. The SMILES string of the molecule is CC(C)(C)c1ccc(/C=N\n2c(-c3ccccc3Cl)n[nH]c2=S)cc1. The van der Waals surface area contributed by atoms with Gasteiger partial charge in [-0.25, -0.2) is 5.10 Å². The van der Waals surface area contributed by atoms with Gasteiger partial charge in [-0.3, -0.25) is 0 Å². The van der Waals surface area contributed by atoms with Crippen LogP contribution in [0.15, 0.2) is 53.6 Å². The van der Waals surface area contributed by atoms with E-state index in [-0.39, 0.29) is 5.41 Å². The molecule has 2 aromatic carbocycles. The van der Waals surface area contributed by atoms with E-state index in [1.54, 1.807) is 10.9 Å². The van der Waals surface area contributed by atoms with Crippen LogP contribution in [0.2, 0.25) is 5.02 Å². The summed E-state index contributed by atoms with van der Waals surface area (Å²) in [6.07, 6.45) is 1.76. The van der Waals surface area contributed by atoms with E-state index in [1.165, 1.54) is 5.56 Å². The van der Waals surface area contributed by atoms with Crippen LogP contribution >= 0.6 is 23.8 Å². The number of rotatable bonds is 3. The first-order valence-corrected chi connectivity index (χ1v) is 8.72. The highest BCUT2D eigenvalue weighted by molar-refractivity contribution is 7.71. The first kappa shape index (κ1) is 17.6. The Morgan fingerprint density at radius 1 is 1.12 bits per heavy atom. The summed E-state index contributed by atoms with van der Waals surface area (Å²) >= 11 is 11.6. The minimum atomic E-state index is 0.125. The third-order valence-electron chi connectivity index (χ3n) is 3.86. The van der Waals surface area contributed by atoms with Crippen molar-refractivity contribution in [3.63, 3.8) is 0 Å². The topological polar surface area (TPSA) is 46.0 Å². The molecule has 3 aromatic rings. The number of aromatic amines is 1. The molecular weight excluding hydrogens is 352 g/mol. The molecule has 0 unspecified atom stereocenters. The molecule has 0 spiro atoms. The Balaban J connectivity index is 1.94. The van der Waals surface area contributed by atoms with Crippen molar-refractivity contribution in [1.29, 1.82) is 0 Å². The monoisotopic (exact) mass is 370 g/mol. The average Bonchev–Trinajstić information content (AvgIpc) is 2.93. The second kappa shape index (κ2) is 6.94. The van der Waals surface area contributed by atoms with E-state index in [1.807, 2.05) is 36.4 Å². The van der Waals surface area contributed by atoms with Crippen molar-refractivity contribution in [2.45, 2.75) is 26.2 Å². The van der Waals surface area contributed by atoms with Crippen LogP contribution < -0.4 is 0 Å². The lowest BCUT2D eigenvalue weighted by atomic mass is 9.87. The van der Waals surface area contributed by atoms with Gasteiger partial charge in [-0.2, -0.15) is 14.9 Å². The Labute approximate surface area is 157 Å². The predicted octanol–water partition coefficient (Wildman–Crippen LogP) is 5.44. The van der Waals surface area contributed by atoms with Gasteiger partial charge in [0, 0.05) is 5.56 Å². The van der Waals surface area contributed by atoms with Crippen molar-refractivity contribution in [2.75, 3.05) is 0 Å². The van der Waals surface area contributed by atoms with Gasteiger partial charge in [0.15, 0.2) is 5.82 Å². The average molecular weight is 371 g/mol. The summed E-state index contributed by atoms with van der Waals surface area (Å²) in [4.78, 5) is 0.